The summed E-state index contributed by atoms with van der Waals surface area (Å²) in [6.07, 6.45) is 1.22. The standard InChI is InChI=1S/C20H25NO2/c1-14(2)23-19-6-4-5-17(12-19)15(3)21-13-16-7-8-20-18(11-16)9-10-22-20/h4-8,11-12,14-15,21H,9-10,13H2,1-3H3. The van der Waals surface area contributed by atoms with Gasteiger partial charge in [0.05, 0.1) is 12.7 Å². The molecule has 1 N–H and O–H groups in total. The van der Waals surface area contributed by atoms with Crippen molar-refractivity contribution in [2.24, 2.45) is 0 Å². The van der Waals surface area contributed by atoms with Crippen LogP contribution in [0, 0.1) is 0 Å². The molecule has 3 heteroatoms. The highest BCUT2D eigenvalue weighted by Gasteiger charge is 2.12. The molecule has 2 aromatic carbocycles. The number of rotatable bonds is 6. The minimum atomic E-state index is 0.196. The van der Waals surface area contributed by atoms with E-state index in [2.05, 4.69) is 48.6 Å². The summed E-state index contributed by atoms with van der Waals surface area (Å²) in [5.74, 6) is 1.97. The molecule has 23 heavy (non-hydrogen) atoms. The van der Waals surface area contributed by atoms with Gasteiger partial charge in [0.25, 0.3) is 0 Å². The van der Waals surface area contributed by atoms with Crippen LogP contribution in [0.25, 0.3) is 0 Å². The molecule has 0 radical (unpaired) electrons. The number of fused-ring (bicyclic) bond motifs is 1. The van der Waals surface area contributed by atoms with Crippen LogP contribution in [0.4, 0.5) is 0 Å². The van der Waals surface area contributed by atoms with E-state index in [1.807, 2.05) is 19.9 Å². The van der Waals surface area contributed by atoms with Gasteiger partial charge in [0.2, 0.25) is 0 Å². The van der Waals surface area contributed by atoms with E-state index in [4.69, 9.17) is 9.47 Å². The molecule has 1 unspecified atom stereocenters. The third-order valence-electron chi connectivity index (χ3n) is 4.10. The van der Waals surface area contributed by atoms with Gasteiger partial charge in [-0.15, -0.1) is 0 Å². The molecular weight excluding hydrogens is 286 g/mol. The zero-order chi connectivity index (χ0) is 16.2. The molecule has 1 aliphatic rings. The lowest BCUT2D eigenvalue weighted by molar-refractivity contribution is 0.242. The Kier molecular flexibility index (Phi) is 4.87. The Hall–Kier alpha value is -2.00. The van der Waals surface area contributed by atoms with E-state index in [0.29, 0.717) is 0 Å². The molecule has 2 aromatic rings. The van der Waals surface area contributed by atoms with Crippen LogP contribution >= 0.6 is 0 Å². The number of hydrogen-bond donors (Lipinski definition) is 1. The second-order valence-electron chi connectivity index (χ2n) is 6.38. The maximum atomic E-state index is 5.78. The average Bonchev–Trinajstić information content (AvgIpc) is 3.00. The Morgan fingerprint density at radius 3 is 2.83 bits per heavy atom. The third kappa shape index (κ3) is 4.05. The minimum absolute atomic E-state index is 0.196. The Morgan fingerprint density at radius 1 is 1.13 bits per heavy atom. The summed E-state index contributed by atoms with van der Waals surface area (Å²) in [5, 5.41) is 3.59. The maximum absolute atomic E-state index is 5.78. The van der Waals surface area contributed by atoms with Gasteiger partial charge >= 0.3 is 0 Å². The zero-order valence-electron chi connectivity index (χ0n) is 14.1. The van der Waals surface area contributed by atoms with Crippen LogP contribution in [-0.2, 0) is 13.0 Å². The van der Waals surface area contributed by atoms with E-state index in [-0.39, 0.29) is 12.1 Å². The first-order valence-electron chi connectivity index (χ1n) is 8.36. The summed E-state index contributed by atoms with van der Waals surface area (Å²) in [4.78, 5) is 0. The third-order valence-corrected chi connectivity index (χ3v) is 4.10. The van der Waals surface area contributed by atoms with Crippen LogP contribution < -0.4 is 14.8 Å². The highest BCUT2D eigenvalue weighted by atomic mass is 16.5. The molecule has 1 atom stereocenters. The molecule has 1 heterocycles. The van der Waals surface area contributed by atoms with Crippen molar-refractivity contribution in [2.45, 2.75) is 45.9 Å². The molecule has 0 aliphatic carbocycles. The maximum Gasteiger partial charge on any atom is 0.122 e. The van der Waals surface area contributed by atoms with Crippen molar-refractivity contribution >= 4 is 0 Å². The molecule has 0 bridgehead atoms. The van der Waals surface area contributed by atoms with Gasteiger partial charge < -0.3 is 14.8 Å². The molecule has 1 aliphatic heterocycles. The normalized spacial score (nSPS) is 14.4. The molecule has 122 valence electrons. The summed E-state index contributed by atoms with van der Waals surface area (Å²) in [7, 11) is 0. The van der Waals surface area contributed by atoms with Crippen LogP contribution in [-0.4, -0.2) is 12.7 Å². The van der Waals surface area contributed by atoms with Gasteiger partial charge in [-0.2, -0.15) is 0 Å². The van der Waals surface area contributed by atoms with Crippen LogP contribution in [0.5, 0.6) is 11.5 Å². The van der Waals surface area contributed by atoms with Gasteiger partial charge in [-0.3, -0.25) is 0 Å². The molecule has 3 rings (SSSR count). The van der Waals surface area contributed by atoms with E-state index in [1.165, 1.54) is 16.7 Å². The molecular formula is C20H25NO2. The Bertz CT molecular complexity index is 666. The number of ether oxygens (including phenoxy) is 2. The fourth-order valence-electron chi connectivity index (χ4n) is 2.87. The first-order chi connectivity index (χ1) is 11.1. The van der Waals surface area contributed by atoms with Gasteiger partial charge in [0.15, 0.2) is 0 Å². The van der Waals surface area contributed by atoms with Crippen molar-refractivity contribution in [3.63, 3.8) is 0 Å². The first-order valence-corrected chi connectivity index (χ1v) is 8.36. The second kappa shape index (κ2) is 7.05. The lowest BCUT2D eigenvalue weighted by atomic mass is 10.1. The van der Waals surface area contributed by atoms with Gasteiger partial charge in [-0.25, -0.2) is 0 Å². The fourth-order valence-corrected chi connectivity index (χ4v) is 2.87. The molecule has 0 fully saturated rings. The number of nitrogens with one attached hydrogen (secondary N) is 1. The van der Waals surface area contributed by atoms with E-state index >= 15 is 0 Å². The summed E-state index contributed by atoms with van der Waals surface area (Å²) < 4.78 is 11.3. The van der Waals surface area contributed by atoms with Crippen LogP contribution in [0.15, 0.2) is 42.5 Å². The SMILES string of the molecule is CC(C)Oc1cccc(C(C)NCc2ccc3c(c2)CCO3)c1. The molecule has 0 spiro atoms. The summed E-state index contributed by atoms with van der Waals surface area (Å²) in [6, 6.07) is 15.1. The summed E-state index contributed by atoms with van der Waals surface area (Å²) in [5.41, 5.74) is 3.87. The average molecular weight is 311 g/mol. The lowest BCUT2D eigenvalue weighted by Gasteiger charge is -2.17. The van der Waals surface area contributed by atoms with Gasteiger partial charge in [0, 0.05) is 19.0 Å². The largest absolute Gasteiger partial charge is 0.493 e. The van der Waals surface area contributed by atoms with E-state index in [1.54, 1.807) is 0 Å². The quantitative estimate of drug-likeness (QED) is 0.864. The topological polar surface area (TPSA) is 30.5 Å². The number of benzene rings is 2. The molecule has 3 nitrogen and oxygen atoms in total. The Balaban J connectivity index is 1.62. The van der Waals surface area contributed by atoms with Gasteiger partial charge in [0.1, 0.15) is 11.5 Å². The molecule has 0 saturated carbocycles. The van der Waals surface area contributed by atoms with Crippen molar-refractivity contribution < 1.29 is 9.47 Å². The van der Waals surface area contributed by atoms with Crippen LogP contribution in [0.3, 0.4) is 0 Å². The zero-order valence-corrected chi connectivity index (χ0v) is 14.1. The monoisotopic (exact) mass is 311 g/mol. The Labute approximate surface area is 138 Å². The summed E-state index contributed by atoms with van der Waals surface area (Å²) in [6.45, 7) is 7.94. The molecule has 0 aromatic heterocycles. The van der Waals surface area contributed by atoms with Crippen molar-refractivity contribution in [1.82, 2.24) is 5.32 Å². The highest BCUT2D eigenvalue weighted by molar-refractivity contribution is 5.40. The fraction of sp³-hybridized carbons (Fsp3) is 0.400. The highest BCUT2D eigenvalue weighted by Crippen LogP contribution is 2.26. The van der Waals surface area contributed by atoms with Gasteiger partial charge in [-0.1, -0.05) is 24.3 Å². The van der Waals surface area contributed by atoms with Crippen LogP contribution in [0.2, 0.25) is 0 Å². The molecule has 0 saturated heterocycles. The number of hydrogen-bond acceptors (Lipinski definition) is 3. The van der Waals surface area contributed by atoms with E-state index in [0.717, 1.165) is 31.1 Å². The van der Waals surface area contributed by atoms with Crippen molar-refractivity contribution in [3.8, 4) is 11.5 Å². The van der Waals surface area contributed by atoms with E-state index in [9.17, 15) is 0 Å². The van der Waals surface area contributed by atoms with Crippen molar-refractivity contribution in [3.05, 3.63) is 59.2 Å². The van der Waals surface area contributed by atoms with Crippen LogP contribution in [0.1, 0.15) is 43.5 Å². The predicted molar refractivity (Wildman–Crippen MR) is 93.1 cm³/mol. The van der Waals surface area contributed by atoms with Crippen molar-refractivity contribution in [1.29, 1.82) is 0 Å². The van der Waals surface area contributed by atoms with E-state index < -0.39 is 0 Å². The van der Waals surface area contributed by atoms with Crippen molar-refractivity contribution in [2.75, 3.05) is 6.61 Å². The smallest absolute Gasteiger partial charge is 0.122 e. The lowest BCUT2D eigenvalue weighted by Crippen LogP contribution is -2.18. The second-order valence-corrected chi connectivity index (χ2v) is 6.38. The van der Waals surface area contributed by atoms with Gasteiger partial charge in [-0.05, 0) is 55.7 Å². The molecule has 0 amide bonds. The summed E-state index contributed by atoms with van der Waals surface area (Å²) >= 11 is 0. The predicted octanol–water partition coefficient (Wildman–Crippen LogP) is 4.26. The Morgan fingerprint density at radius 2 is 2.00 bits per heavy atom. The minimum Gasteiger partial charge on any atom is -0.493 e. The first kappa shape index (κ1) is 15.9.